The zero-order valence-electron chi connectivity index (χ0n) is 25.5. The van der Waals surface area contributed by atoms with Crippen LogP contribution in [0.2, 0.25) is 0 Å². The molecule has 2 aromatic carbocycles. The number of nitrogens with two attached hydrogens (primary N) is 1. The fourth-order valence-electron chi connectivity index (χ4n) is 5.94. The van der Waals surface area contributed by atoms with Crippen LogP contribution in [-0.4, -0.2) is 40.2 Å². The lowest BCUT2D eigenvalue weighted by Gasteiger charge is -2.37. The van der Waals surface area contributed by atoms with Gasteiger partial charge in [0.25, 0.3) is 5.56 Å². The van der Waals surface area contributed by atoms with Crippen LogP contribution in [-0.2, 0) is 32.0 Å². The fourth-order valence-corrected chi connectivity index (χ4v) is 5.94. The molecular weight excluding hydrogens is 635 g/mol. The minimum absolute atomic E-state index is 0.00421. The Morgan fingerprint density at radius 1 is 0.851 bits per heavy atom. The Hall–Kier alpha value is -4.37. The third-order valence-corrected chi connectivity index (χ3v) is 8.28. The van der Waals surface area contributed by atoms with Crippen molar-refractivity contribution in [1.82, 2.24) is 14.0 Å². The van der Waals surface area contributed by atoms with Gasteiger partial charge in [-0.25, -0.2) is 9.18 Å². The second kappa shape index (κ2) is 13.0. The van der Waals surface area contributed by atoms with Crippen LogP contribution in [0.15, 0.2) is 68.6 Å². The van der Waals surface area contributed by atoms with Crippen LogP contribution in [0.3, 0.4) is 0 Å². The number of nitrogens with zero attached hydrogens (tertiary/aromatic N) is 4. The second-order valence-corrected chi connectivity index (χ2v) is 11.5. The Kier molecular flexibility index (Phi) is 9.42. The highest BCUT2D eigenvalue weighted by Crippen LogP contribution is 2.35. The van der Waals surface area contributed by atoms with Crippen molar-refractivity contribution in [2.75, 3.05) is 31.1 Å². The molecule has 2 aromatic heterocycles. The molecule has 0 unspecified atom stereocenters. The van der Waals surface area contributed by atoms with E-state index in [9.17, 15) is 40.3 Å². The van der Waals surface area contributed by atoms with Gasteiger partial charge >= 0.3 is 18.0 Å². The molecule has 1 saturated heterocycles. The average Bonchev–Trinajstić information content (AvgIpc) is 3.39. The zero-order chi connectivity index (χ0) is 34.3. The molecule has 0 spiro atoms. The monoisotopic (exact) mass is 667 g/mol. The van der Waals surface area contributed by atoms with Crippen molar-refractivity contribution in [2.24, 2.45) is 5.73 Å². The van der Waals surface area contributed by atoms with Crippen molar-refractivity contribution in [1.29, 1.82) is 0 Å². The molecule has 1 atom stereocenters. The Balaban J connectivity index is 1.52. The van der Waals surface area contributed by atoms with E-state index in [1.54, 1.807) is 40.1 Å². The molecule has 0 saturated carbocycles. The molecule has 2 N–H and O–H groups in total. The maximum absolute atomic E-state index is 14.9. The van der Waals surface area contributed by atoms with Gasteiger partial charge in [-0.05, 0) is 37.6 Å². The van der Waals surface area contributed by atoms with Gasteiger partial charge in [-0.3, -0.25) is 18.8 Å². The normalized spacial score (nSPS) is 15.3. The molecule has 47 heavy (non-hydrogen) atoms. The van der Waals surface area contributed by atoms with E-state index in [0.29, 0.717) is 11.6 Å². The van der Waals surface area contributed by atoms with E-state index >= 15 is 0 Å². The van der Waals surface area contributed by atoms with E-state index in [0.717, 1.165) is 21.3 Å². The Morgan fingerprint density at radius 2 is 1.51 bits per heavy atom. The summed E-state index contributed by atoms with van der Waals surface area (Å²) in [5.74, 6) is -2.14. The highest BCUT2D eigenvalue weighted by Gasteiger charge is 2.39. The number of anilines is 1. The molecule has 8 nitrogen and oxygen atoms in total. The summed E-state index contributed by atoms with van der Waals surface area (Å²) in [5, 5.41) is 0. The predicted molar refractivity (Wildman–Crippen MR) is 160 cm³/mol. The topological polar surface area (TPSA) is 89.6 Å². The molecular formula is C32H32F7N5O3. The van der Waals surface area contributed by atoms with Crippen molar-refractivity contribution in [2.45, 2.75) is 51.9 Å². The summed E-state index contributed by atoms with van der Waals surface area (Å²) >= 11 is 0. The SMILES string of the molecule is Cc1cc(CN2CCN(c3c(C)n(Cc4c(F)cccc4C(F)(F)F)c(=O)n(C[C@H](N)c4ccccc4)c3=O)CC2)c(C(F)(F)F)o1. The molecule has 1 fully saturated rings. The number of furan rings is 1. The van der Waals surface area contributed by atoms with E-state index in [1.165, 1.54) is 19.9 Å². The number of aromatic nitrogens is 2. The van der Waals surface area contributed by atoms with Gasteiger partial charge in [-0.1, -0.05) is 36.4 Å². The van der Waals surface area contributed by atoms with Crippen LogP contribution in [0.5, 0.6) is 0 Å². The van der Waals surface area contributed by atoms with Gasteiger partial charge in [-0.15, -0.1) is 0 Å². The van der Waals surface area contributed by atoms with Crippen LogP contribution in [0.4, 0.5) is 36.4 Å². The Bertz CT molecular complexity index is 1850. The molecule has 0 bridgehead atoms. The molecule has 3 heterocycles. The summed E-state index contributed by atoms with van der Waals surface area (Å²) in [6.07, 6.45) is -9.59. The molecule has 15 heteroatoms. The van der Waals surface area contributed by atoms with Gasteiger partial charge in [0.05, 0.1) is 18.7 Å². The van der Waals surface area contributed by atoms with Gasteiger partial charge in [0.15, 0.2) is 0 Å². The number of halogens is 7. The number of aryl methyl sites for hydroxylation is 1. The average molecular weight is 668 g/mol. The van der Waals surface area contributed by atoms with Crippen molar-refractivity contribution in [3.05, 3.63) is 121 Å². The number of rotatable bonds is 8. The third-order valence-electron chi connectivity index (χ3n) is 8.28. The highest BCUT2D eigenvalue weighted by atomic mass is 19.4. The van der Waals surface area contributed by atoms with Crippen LogP contribution in [0, 0.1) is 19.7 Å². The summed E-state index contributed by atoms with van der Waals surface area (Å²) in [6.45, 7) is 2.32. The largest absolute Gasteiger partial charge is 0.456 e. The first kappa shape index (κ1) is 34.0. The first-order chi connectivity index (χ1) is 22.1. The van der Waals surface area contributed by atoms with Gasteiger partial charge in [0.1, 0.15) is 17.3 Å². The minimum Gasteiger partial charge on any atom is -0.456 e. The molecule has 0 amide bonds. The molecule has 252 valence electrons. The number of hydrogen-bond acceptors (Lipinski definition) is 6. The Labute approximate surface area is 264 Å². The summed E-state index contributed by atoms with van der Waals surface area (Å²) < 4.78 is 104. The molecule has 4 aromatic rings. The first-order valence-corrected chi connectivity index (χ1v) is 14.7. The van der Waals surface area contributed by atoms with Crippen LogP contribution in [0.25, 0.3) is 0 Å². The van der Waals surface area contributed by atoms with Crippen molar-refractivity contribution >= 4 is 5.69 Å². The lowest BCUT2D eigenvalue weighted by atomic mass is 10.1. The van der Waals surface area contributed by atoms with E-state index in [-0.39, 0.29) is 62.0 Å². The van der Waals surface area contributed by atoms with E-state index < -0.39 is 58.9 Å². The van der Waals surface area contributed by atoms with Crippen LogP contribution >= 0.6 is 0 Å². The Morgan fingerprint density at radius 3 is 2.13 bits per heavy atom. The van der Waals surface area contributed by atoms with Crippen LogP contribution < -0.4 is 21.9 Å². The molecule has 1 aliphatic rings. The van der Waals surface area contributed by atoms with Crippen molar-refractivity contribution < 1.29 is 35.2 Å². The number of benzene rings is 2. The molecule has 1 aliphatic heterocycles. The lowest BCUT2D eigenvalue weighted by Crippen LogP contribution is -2.51. The van der Waals surface area contributed by atoms with Crippen LogP contribution in [0.1, 0.15) is 45.5 Å². The smallest absolute Gasteiger partial charge is 0.449 e. The van der Waals surface area contributed by atoms with Gasteiger partial charge in [0.2, 0.25) is 5.76 Å². The van der Waals surface area contributed by atoms with Gasteiger partial charge < -0.3 is 15.1 Å². The van der Waals surface area contributed by atoms with E-state index in [4.69, 9.17) is 10.2 Å². The third kappa shape index (κ3) is 7.15. The summed E-state index contributed by atoms with van der Waals surface area (Å²) in [6, 6.07) is 11.6. The standard InChI is InChI=1S/C32H32F7N5O3/c1-19-15-22(28(47-19)32(37,38)39)16-41-11-13-42(14-12-41)27-20(2)43(17-23-24(31(34,35)36)9-6-10-25(23)33)30(46)44(29(27)45)18-26(40)21-7-4-3-5-8-21/h3-10,15,26H,11-14,16-18,40H2,1-2H3/t26-/m0/s1. The minimum atomic E-state index is -4.92. The molecule has 5 rings (SSSR count). The second-order valence-electron chi connectivity index (χ2n) is 11.5. The lowest BCUT2D eigenvalue weighted by molar-refractivity contribution is -0.154. The summed E-state index contributed by atoms with van der Waals surface area (Å²) in [5.41, 5.74) is 3.20. The fraction of sp³-hybridized carbons (Fsp3) is 0.375. The molecule has 0 aliphatic carbocycles. The summed E-state index contributed by atoms with van der Waals surface area (Å²) in [4.78, 5) is 31.1. The van der Waals surface area contributed by atoms with E-state index in [2.05, 4.69) is 0 Å². The molecule has 0 radical (unpaired) electrons. The number of hydrogen-bond donors (Lipinski definition) is 1. The van der Waals surface area contributed by atoms with Gasteiger partial charge in [0, 0.05) is 55.6 Å². The van der Waals surface area contributed by atoms with Crippen molar-refractivity contribution in [3.63, 3.8) is 0 Å². The highest BCUT2D eigenvalue weighted by molar-refractivity contribution is 5.50. The first-order valence-electron chi connectivity index (χ1n) is 14.7. The number of alkyl halides is 6. The van der Waals surface area contributed by atoms with E-state index in [1.807, 2.05) is 0 Å². The zero-order valence-corrected chi connectivity index (χ0v) is 25.5. The maximum atomic E-state index is 14.9. The number of piperazine rings is 1. The predicted octanol–water partition coefficient (Wildman–Crippen LogP) is 5.47. The summed E-state index contributed by atoms with van der Waals surface area (Å²) in [7, 11) is 0. The van der Waals surface area contributed by atoms with Gasteiger partial charge in [-0.2, -0.15) is 26.3 Å². The quantitative estimate of drug-likeness (QED) is 0.251. The maximum Gasteiger partial charge on any atom is 0.449 e. The van der Waals surface area contributed by atoms with Crippen molar-refractivity contribution in [3.8, 4) is 0 Å².